The van der Waals surface area contributed by atoms with Gasteiger partial charge in [-0.25, -0.2) is 13.6 Å². The van der Waals surface area contributed by atoms with Gasteiger partial charge in [0.1, 0.15) is 0 Å². The van der Waals surface area contributed by atoms with Crippen LogP contribution in [0.2, 0.25) is 0 Å². The number of nitro groups is 1. The maximum atomic E-state index is 10.7. The highest BCUT2D eigenvalue weighted by atomic mass is 32.2. The molecule has 3 rings (SSSR count). The topological polar surface area (TPSA) is 156 Å². The van der Waals surface area contributed by atoms with Crippen LogP contribution in [0.25, 0.3) is 10.9 Å². The Balaban J connectivity index is 0.000000268. The SMILES string of the molecule is C#C.NS(=O)(=O)c1ccc([N+](=O)[O-])cc1.O=C(O)CCc1c[nH]c2ccccc12. The lowest BCUT2D eigenvalue weighted by atomic mass is 10.1. The van der Waals surface area contributed by atoms with Crippen molar-refractivity contribution in [1.29, 1.82) is 0 Å². The molecule has 29 heavy (non-hydrogen) atoms. The summed E-state index contributed by atoms with van der Waals surface area (Å²) in [7, 11) is -3.77. The van der Waals surface area contributed by atoms with Gasteiger partial charge in [0.15, 0.2) is 0 Å². The normalized spacial score (nSPS) is 10.2. The molecule has 0 saturated carbocycles. The number of aromatic nitrogens is 1. The van der Waals surface area contributed by atoms with Crippen LogP contribution in [-0.4, -0.2) is 29.4 Å². The second kappa shape index (κ2) is 10.6. The van der Waals surface area contributed by atoms with E-state index < -0.39 is 20.9 Å². The van der Waals surface area contributed by atoms with Crippen LogP contribution >= 0.6 is 0 Å². The van der Waals surface area contributed by atoms with E-state index in [1.807, 2.05) is 30.5 Å². The number of fused-ring (bicyclic) bond motifs is 1. The lowest BCUT2D eigenvalue weighted by Crippen LogP contribution is -2.11. The fourth-order valence-electron chi connectivity index (χ4n) is 2.34. The molecule has 0 aliphatic heterocycles. The molecule has 0 amide bonds. The first-order valence-corrected chi connectivity index (χ1v) is 9.60. The fraction of sp³-hybridized carbons (Fsp3) is 0.105. The van der Waals surface area contributed by atoms with E-state index in [4.69, 9.17) is 10.2 Å². The molecule has 0 saturated heterocycles. The quantitative estimate of drug-likeness (QED) is 0.329. The number of aryl methyl sites for hydroxylation is 1. The van der Waals surface area contributed by atoms with Crippen molar-refractivity contribution in [3.8, 4) is 12.8 Å². The van der Waals surface area contributed by atoms with E-state index in [1.54, 1.807) is 0 Å². The van der Waals surface area contributed by atoms with Crippen molar-refractivity contribution < 1.29 is 23.2 Å². The van der Waals surface area contributed by atoms with Crippen LogP contribution in [0.4, 0.5) is 5.69 Å². The number of carboxylic acids is 1. The minimum atomic E-state index is -3.77. The van der Waals surface area contributed by atoms with Gasteiger partial charge in [0, 0.05) is 35.7 Å². The van der Waals surface area contributed by atoms with Gasteiger partial charge in [0.25, 0.3) is 5.69 Å². The molecular formula is C19H19N3O6S. The number of primary sulfonamides is 1. The number of nitro benzene ring substituents is 1. The number of hydrogen-bond donors (Lipinski definition) is 3. The minimum Gasteiger partial charge on any atom is -0.481 e. The van der Waals surface area contributed by atoms with Crippen molar-refractivity contribution in [3.05, 3.63) is 70.4 Å². The summed E-state index contributed by atoms with van der Waals surface area (Å²) in [6.45, 7) is 0. The first kappa shape index (κ1) is 23.4. The van der Waals surface area contributed by atoms with E-state index in [-0.39, 0.29) is 17.0 Å². The van der Waals surface area contributed by atoms with Crippen LogP contribution in [0.3, 0.4) is 0 Å². The Morgan fingerprint density at radius 2 is 1.72 bits per heavy atom. The molecule has 9 nitrogen and oxygen atoms in total. The molecule has 0 fully saturated rings. The number of carbonyl (C=O) groups is 1. The second-order valence-electron chi connectivity index (χ2n) is 5.55. The zero-order chi connectivity index (χ0) is 22.0. The number of nitrogens with two attached hydrogens (primary N) is 1. The van der Waals surface area contributed by atoms with Crippen LogP contribution < -0.4 is 5.14 Å². The number of non-ortho nitro benzene ring substituents is 1. The molecule has 10 heteroatoms. The molecular weight excluding hydrogens is 398 g/mol. The molecule has 1 heterocycles. The maximum Gasteiger partial charge on any atom is 0.303 e. The summed E-state index contributed by atoms with van der Waals surface area (Å²) in [6.07, 6.45) is 10.6. The van der Waals surface area contributed by atoms with E-state index >= 15 is 0 Å². The van der Waals surface area contributed by atoms with Gasteiger partial charge < -0.3 is 10.1 Å². The van der Waals surface area contributed by atoms with E-state index in [2.05, 4.69) is 17.8 Å². The number of carboxylic acid groups (broad SMARTS) is 1. The monoisotopic (exact) mass is 417 g/mol. The zero-order valence-electron chi connectivity index (χ0n) is 15.2. The second-order valence-corrected chi connectivity index (χ2v) is 7.11. The molecule has 2 aromatic carbocycles. The average Bonchev–Trinajstić information content (AvgIpc) is 3.11. The first-order chi connectivity index (χ1) is 13.7. The molecule has 0 bridgehead atoms. The number of nitrogens with one attached hydrogen (secondary N) is 1. The van der Waals surface area contributed by atoms with Crippen molar-refractivity contribution >= 4 is 32.6 Å². The largest absolute Gasteiger partial charge is 0.481 e. The van der Waals surface area contributed by atoms with E-state index in [1.165, 1.54) is 0 Å². The van der Waals surface area contributed by atoms with Gasteiger partial charge in [-0.1, -0.05) is 18.2 Å². The Bertz CT molecular complexity index is 1100. The van der Waals surface area contributed by atoms with Gasteiger partial charge >= 0.3 is 5.97 Å². The summed E-state index contributed by atoms with van der Waals surface area (Å²) in [5.41, 5.74) is 1.96. The molecule has 3 aromatic rings. The summed E-state index contributed by atoms with van der Waals surface area (Å²) < 4.78 is 21.4. The van der Waals surface area contributed by atoms with Gasteiger partial charge in [0.05, 0.1) is 9.82 Å². The Morgan fingerprint density at radius 1 is 1.14 bits per heavy atom. The Kier molecular flexibility index (Phi) is 8.54. The molecule has 1 aromatic heterocycles. The van der Waals surface area contributed by atoms with Crippen molar-refractivity contribution in [2.24, 2.45) is 5.14 Å². The molecule has 4 N–H and O–H groups in total. The zero-order valence-corrected chi connectivity index (χ0v) is 16.0. The smallest absolute Gasteiger partial charge is 0.303 e. The number of terminal acetylenes is 1. The number of aromatic amines is 1. The third-order valence-electron chi connectivity index (χ3n) is 3.66. The van der Waals surface area contributed by atoms with Crippen LogP contribution in [-0.2, 0) is 21.2 Å². The molecule has 0 atom stereocenters. The van der Waals surface area contributed by atoms with Gasteiger partial charge in [-0.05, 0) is 30.2 Å². The van der Waals surface area contributed by atoms with Crippen molar-refractivity contribution in [2.75, 3.05) is 0 Å². The van der Waals surface area contributed by atoms with Crippen LogP contribution in [0.5, 0.6) is 0 Å². The molecule has 0 aliphatic carbocycles. The number of aliphatic carboxylic acids is 1. The Labute approximate surface area is 167 Å². The number of benzene rings is 2. The minimum absolute atomic E-state index is 0.141. The Morgan fingerprint density at radius 3 is 2.24 bits per heavy atom. The Hall–Kier alpha value is -3.68. The van der Waals surface area contributed by atoms with Crippen LogP contribution in [0, 0.1) is 23.0 Å². The van der Waals surface area contributed by atoms with Crippen molar-refractivity contribution in [3.63, 3.8) is 0 Å². The van der Waals surface area contributed by atoms with Crippen LogP contribution in [0.1, 0.15) is 12.0 Å². The lowest BCUT2D eigenvalue weighted by Gasteiger charge is -1.95. The third-order valence-corrected chi connectivity index (χ3v) is 4.59. The molecule has 152 valence electrons. The molecule has 0 aliphatic rings. The summed E-state index contributed by atoms with van der Waals surface area (Å²) in [5.74, 6) is -0.754. The van der Waals surface area contributed by atoms with Crippen molar-refractivity contribution in [1.82, 2.24) is 4.98 Å². The number of rotatable bonds is 5. The molecule has 0 radical (unpaired) electrons. The van der Waals surface area contributed by atoms with E-state index in [9.17, 15) is 23.3 Å². The summed E-state index contributed by atoms with van der Waals surface area (Å²) in [5, 5.41) is 24.7. The molecule has 0 spiro atoms. The van der Waals surface area contributed by atoms with Gasteiger partial charge in [-0.3, -0.25) is 14.9 Å². The number of sulfonamides is 1. The summed E-state index contributed by atoms with van der Waals surface area (Å²) in [4.78, 5) is 23.0. The first-order valence-electron chi connectivity index (χ1n) is 8.06. The number of para-hydroxylation sites is 1. The summed E-state index contributed by atoms with van der Waals surface area (Å²) in [6, 6.07) is 12.3. The average molecular weight is 417 g/mol. The van der Waals surface area contributed by atoms with Gasteiger partial charge in [0.2, 0.25) is 10.0 Å². The predicted octanol–water partition coefficient (Wildman–Crippen LogP) is 2.68. The third kappa shape index (κ3) is 7.10. The number of hydrogen-bond acceptors (Lipinski definition) is 5. The van der Waals surface area contributed by atoms with Gasteiger partial charge in [-0.2, -0.15) is 0 Å². The van der Waals surface area contributed by atoms with E-state index in [0.29, 0.717) is 6.42 Å². The van der Waals surface area contributed by atoms with Gasteiger partial charge in [-0.15, -0.1) is 12.8 Å². The maximum absolute atomic E-state index is 10.7. The predicted molar refractivity (Wildman–Crippen MR) is 109 cm³/mol. The molecule has 0 unspecified atom stereocenters. The lowest BCUT2D eigenvalue weighted by molar-refractivity contribution is -0.384. The van der Waals surface area contributed by atoms with Crippen molar-refractivity contribution in [2.45, 2.75) is 17.7 Å². The van der Waals surface area contributed by atoms with E-state index in [0.717, 1.165) is 40.7 Å². The summed E-state index contributed by atoms with van der Waals surface area (Å²) >= 11 is 0. The number of H-pyrrole nitrogens is 1. The fourth-order valence-corrected chi connectivity index (χ4v) is 2.85. The highest BCUT2D eigenvalue weighted by Crippen LogP contribution is 2.18. The highest BCUT2D eigenvalue weighted by molar-refractivity contribution is 7.89. The highest BCUT2D eigenvalue weighted by Gasteiger charge is 2.10. The number of nitrogens with zero attached hydrogens (tertiary/aromatic N) is 1. The van der Waals surface area contributed by atoms with Crippen LogP contribution in [0.15, 0.2) is 59.6 Å². The standard InChI is InChI=1S/C11H11NO2.C6H6N2O4S.C2H2/c13-11(14)6-5-8-7-12-10-4-2-1-3-9(8)10;7-13(11,12)6-3-1-5(2-4-6)8(9)10;1-2/h1-4,7,12H,5-6H2,(H,13,14);1-4H,(H2,7,11,12);1-2H.